The van der Waals surface area contributed by atoms with E-state index in [9.17, 15) is 13.2 Å². The monoisotopic (exact) mass is 256 g/mol. The lowest BCUT2D eigenvalue weighted by molar-refractivity contribution is -0.137. The molecule has 0 aliphatic rings. The van der Waals surface area contributed by atoms with Gasteiger partial charge in [0.15, 0.2) is 0 Å². The molecule has 0 atom stereocenters. The van der Waals surface area contributed by atoms with Crippen molar-refractivity contribution < 1.29 is 17.6 Å². The molecular weight excluding hydrogens is 245 g/mol. The van der Waals surface area contributed by atoms with Gasteiger partial charge >= 0.3 is 6.18 Å². The predicted octanol–water partition coefficient (Wildman–Crippen LogP) is 3.08. The molecule has 0 saturated carbocycles. The van der Waals surface area contributed by atoms with Crippen LogP contribution < -0.4 is 5.32 Å². The molecule has 96 valence electrons. The first-order chi connectivity index (χ1) is 8.52. The maximum absolute atomic E-state index is 12.8. The third kappa shape index (κ3) is 2.53. The summed E-state index contributed by atoms with van der Waals surface area (Å²) in [5.74, 6) is 0.741. The van der Waals surface area contributed by atoms with E-state index >= 15 is 0 Å². The molecule has 0 amide bonds. The Morgan fingerprint density at radius 2 is 2.06 bits per heavy atom. The van der Waals surface area contributed by atoms with Gasteiger partial charge in [-0.15, -0.1) is 0 Å². The molecule has 6 heteroatoms. The molecule has 1 N–H and O–H groups in total. The number of nitrogens with zero attached hydrogens (tertiary/aromatic N) is 1. The van der Waals surface area contributed by atoms with Crippen LogP contribution in [0.5, 0.6) is 0 Å². The SMILES string of the molecule is CNCc1ccc(-c2cnccc2C(F)(F)F)o1. The lowest BCUT2D eigenvalue weighted by atomic mass is 10.1. The quantitative estimate of drug-likeness (QED) is 0.917. The lowest BCUT2D eigenvalue weighted by Gasteiger charge is -2.10. The van der Waals surface area contributed by atoms with Gasteiger partial charge in [0.05, 0.1) is 12.1 Å². The Balaban J connectivity index is 2.43. The van der Waals surface area contributed by atoms with Crippen molar-refractivity contribution in [3.05, 3.63) is 41.9 Å². The summed E-state index contributed by atoms with van der Waals surface area (Å²) in [5, 5.41) is 2.86. The van der Waals surface area contributed by atoms with Crippen LogP contribution in [0.3, 0.4) is 0 Å². The molecule has 0 aromatic carbocycles. The van der Waals surface area contributed by atoms with Crippen LogP contribution in [0.2, 0.25) is 0 Å². The Labute approximate surface area is 102 Å². The fraction of sp³-hybridized carbons (Fsp3) is 0.250. The standard InChI is InChI=1S/C12H11F3N2O/c1-16-6-8-2-3-11(18-8)9-7-17-5-4-10(9)12(13,14)15/h2-5,7,16H,6H2,1H3. The molecule has 0 aliphatic heterocycles. The highest BCUT2D eigenvalue weighted by Crippen LogP contribution is 2.36. The first kappa shape index (κ1) is 12.6. The largest absolute Gasteiger partial charge is 0.460 e. The Morgan fingerprint density at radius 3 is 2.72 bits per heavy atom. The van der Waals surface area contributed by atoms with Crippen molar-refractivity contribution >= 4 is 0 Å². The fourth-order valence-corrected chi connectivity index (χ4v) is 1.63. The van der Waals surface area contributed by atoms with E-state index in [1.54, 1.807) is 13.1 Å². The van der Waals surface area contributed by atoms with Crippen LogP contribution in [-0.2, 0) is 12.7 Å². The minimum atomic E-state index is -4.42. The Hall–Kier alpha value is -1.82. The number of halogens is 3. The molecule has 2 aromatic heterocycles. The van der Waals surface area contributed by atoms with Crippen LogP contribution in [0.1, 0.15) is 11.3 Å². The van der Waals surface area contributed by atoms with Crippen molar-refractivity contribution in [3.63, 3.8) is 0 Å². The molecule has 0 radical (unpaired) electrons. The van der Waals surface area contributed by atoms with E-state index in [0.29, 0.717) is 12.3 Å². The van der Waals surface area contributed by atoms with Crippen LogP contribution in [-0.4, -0.2) is 12.0 Å². The van der Waals surface area contributed by atoms with Crippen LogP contribution >= 0.6 is 0 Å². The zero-order chi connectivity index (χ0) is 13.2. The summed E-state index contributed by atoms with van der Waals surface area (Å²) in [5.41, 5.74) is -0.796. The van der Waals surface area contributed by atoms with Gasteiger partial charge in [0.25, 0.3) is 0 Å². The van der Waals surface area contributed by atoms with Gasteiger partial charge in [-0.05, 0) is 25.2 Å². The first-order valence-electron chi connectivity index (χ1n) is 5.27. The summed E-state index contributed by atoms with van der Waals surface area (Å²) in [6.45, 7) is 0.460. The molecule has 0 fully saturated rings. The van der Waals surface area contributed by atoms with E-state index in [4.69, 9.17) is 4.42 Å². The first-order valence-corrected chi connectivity index (χ1v) is 5.27. The molecule has 0 unspecified atom stereocenters. The highest BCUT2D eigenvalue weighted by atomic mass is 19.4. The second-order valence-corrected chi connectivity index (χ2v) is 3.72. The average molecular weight is 256 g/mol. The van der Waals surface area contributed by atoms with E-state index in [1.807, 2.05) is 0 Å². The molecule has 0 saturated heterocycles. The summed E-state index contributed by atoms with van der Waals surface area (Å²) in [7, 11) is 1.73. The van der Waals surface area contributed by atoms with E-state index < -0.39 is 11.7 Å². The summed E-state index contributed by atoms with van der Waals surface area (Å²) in [6.07, 6.45) is -2.15. The summed E-state index contributed by atoms with van der Waals surface area (Å²) >= 11 is 0. The number of hydrogen-bond donors (Lipinski definition) is 1. The van der Waals surface area contributed by atoms with Crippen LogP contribution in [0, 0.1) is 0 Å². The third-order valence-corrected chi connectivity index (χ3v) is 2.40. The van der Waals surface area contributed by atoms with E-state index in [2.05, 4.69) is 10.3 Å². The number of pyridine rings is 1. The van der Waals surface area contributed by atoms with Gasteiger partial charge in [0.2, 0.25) is 0 Å². The van der Waals surface area contributed by atoms with E-state index in [-0.39, 0.29) is 11.3 Å². The van der Waals surface area contributed by atoms with Crippen molar-refractivity contribution in [1.82, 2.24) is 10.3 Å². The van der Waals surface area contributed by atoms with Gasteiger partial charge in [-0.3, -0.25) is 4.98 Å². The van der Waals surface area contributed by atoms with Crippen molar-refractivity contribution in [3.8, 4) is 11.3 Å². The molecule has 2 aromatic rings. The predicted molar refractivity (Wildman–Crippen MR) is 59.7 cm³/mol. The second-order valence-electron chi connectivity index (χ2n) is 3.72. The van der Waals surface area contributed by atoms with Gasteiger partial charge in [-0.2, -0.15) is 13.2 Å². The van der Waals surface area contributed by atoms with E-state index in [0.717, 1.165) is 18.5 Å². The number of hydrogen-bond acceptors (Lipinski definition) is 3. The molecule has 0 bridgehead atoms. The average Bonchev–Trinajstić information content (AvgIpc) is 2.77. The molecule has 18 heavy (non-hydrogen) atoms. The molecular formula is C12H11F3N2O. The molecule has 2 heterocycles. The van der Waals surface area contributed by atoms with Crippen molar-refractivity contribution in [2.24, 2.45) is 0 Å². The highest BCUT2D eigenvalue weighted by Gasteiger charge is 2.34. The Bertz CT molecular complexity index is 534. The molecule has 2 rings (SSSR count). The lowest BCUT2D eigenvalue weighted by Crippen LogP contribution is -2.07. The number of aromatic nitrogens is 1. The van der Waals surface area contributed by atoms with Crippen LogP contribution in [0.4, 0.5) is 13.2 Å². The number of alkyl halides is 3. The highest BCUT2D eigenvalue weighted by molar-refractivity contribution is 5.61. The van der Waals surface area contributed by atoms with Crippen molar-refractivity contribution in [2.45, 2.75) is 12.7 Å². The normalized spacial score (nSPS) is 11.8. The van der Waals surface area contributed by atoms with Crippen molar-refractivity contribution in [2.75, 3.05) is 7.05 Å². The van der Waals surface area contributed by atoms with Gasteiger partial charge < -0.3 is 9.73 Å². The topological polar surface area (TPSA) is 38.1 Å². The smallest absolute Gasteiger partial charge is 0.417 e. The minimum Gasteiger partial charge on any atom is -0.460 e. The van der Waals surface area contributed by atoms with Crippen molar-refractivity contribution in [1.29, 1.82) is 0 Å². The second kappa shape index (κ2) is 4.81. The Kier molecular flexibility index (Phi) is 3.38. The third-order valence-electron chi connectivity index (χ3n) is 2.40. The number of rotatable bonds is 3. The van der Waals surface area contributed by atoms with E-state index in [1.165, 1.54) is 6.07 Å². The fourth-order valence-electron chi connectivity index (χ4n) is 1.63. The maximum Gasteiger partial charge on any atom is 0.417 e. The van der Waals surface area contributed by atoms with Gasteiger partial charge in [-0.1, -0.05) is 0 Å². The van der Waals surface area contributed by atoms with Gasteiger partial charge in [-0.25, -0.2) is 0 Å². The number of nitrogens with one attached hydrogen (secondary N) is 1. The van der Waals surface area contributed by atoms with Gasteiger partial charge in [0.1, 0.15) is 11.5 Å². The minimum absolute atomic E-state index is 0.0487. The molecule has 3 nitrogen and oxygen atoms in total. The van der Waals surface area contributed by atoms with Crippen LogP contribution in [0.25, 0.3) is 11.3 Å². The number of furan rings is 1. The molecule has 0 spiro atoms. The van der Waals surface area contributed by atoms with Gasteiger partial charge in [0, 0.05) is 18.0 Å². The van der Waals surface area contributed by atoms with Crippen LogP contribution in [0.15, 0.2) is 35.0 Å². The summed E-state index contributed by atoms with van der Waals surface area (Å²) in [4.78, 5) is 3.71. The summed E-state index contributed by atoms with van der Waals surface area (Å²) < 4.78 is 43.8. The Morgan fingerprint density at radius 1 is 1.28 bits per heavy atom. The zero-order valence-corrected chi connectivity index (χ0v) is 9.58. The zero-order valence-electron chi connectivity index (χ0n) is 9.58. The molecule has 0 aliphatic carbocycles. The maximum atomic E-state index is 12.8. The summed E-state index contributed by atoms with van der Waals surface area (Å²) in [6, 6.07) is 4.09.